The zero-order valence-corrected chi connectivity index (χ0v) is 6.67. The third-order valence-electron chi connectivity index (χ3n) is 2.79. The van der Waals surface area contributed by atoms with Gasteiger partial charge in [-0.25, -0.2) is 0 Å². The summed E-state index contributed by atoms with van der Waals surface area (Å²) < 4.78 is 5.02. The highest BCUT2D eigenvalue weighted by molar-refractivity contribution is 5.76. The van der Waals surface area contributed by atoms with Gasteiger partial charge in [-0.05, 0) is 12.8 Å². The van der Waals surface area contributed by atoms with E-state index in [1.54, 1.807) is 0 Å². The Bertz CT molecular complexity index is 220. The second-order valence-electron chi connectivity index (χ2n) is 3.73. The van der Waals surface area contributed by atoms with E-state index >= 15 is 0 Å². The zero-order valence-electron chi connectivity index (χ0n) is 6.67. The molecule has 1 heterocycles. The highest BCUT2D eigenvalue weighted by Gasteiger charge is 2.46. The summed E-state index contributed by atoms with van der Waals surface area (Å²) in [4.78, 5) is 11.2. The van der Waals surface area contributed by atoms with E-state index in [4.69, 9.17) is 4.74 Å². The molecule has 1 aliphatic heterocycles. The number of hydrogen-bond donors (Lipinski definition) is 0. The van der Waals surface area contributed by atoms with Crippen molar-refractivity contribution in [2.75, 3.05) is 6.61 Å². The number of rotatable bonds is 0. The van der Waals surface area contributed by atoms with Crippen LogP contribution in [0.2, 0.25) is 0 Å². The summed E-state index contributed by atoms with van der Waals surface area (Å²) >= 11 is 0. The number of ether oxygens (including phenoxy) is 1. The van der Waals surface area contributed by atoms with E-state index in [9.17, 15) is 4.79 Å². The first-order valence-electron chi connectivity index (χ1n) is 4.04. The standard InChI is InChI=1S/C9H12O2/c1-9-5-3-2-4-7(9)8(10)11-6-9/h2-3,7H,4-6H2,1H3/t7-,9+/m0/s1. The van der Waals surface area contributed by atoms with E-state index in [0.29, 0.717) is 6.61 Å². The van der Waals surface area contributed by atoms with Crippen molar-refractivity contribution in [3.8, 4) is 0 Å². The Morgan fingerprint density at radius 2 is 2.45 bits per heavy atom. The molecule has 2 aliphatic rings. The van der Waals surface area contributed by atoms with Gasteiger partial charge in [-0.3, -0.25) is 4.79 Å². The maximum absolute atomic E-state index is 11.2. The molecule has 0 aromatic heterocycles. The average molecular weight is 152 g/mol. The molecule has 2 heteroatoms. The van der Waals surface area contributed by atoms with Gasteiger partial charge in [-0.2, -0.15) is 0 Å². The van der Waals surface area contributed by atoms with Gasteiger partial charge in [0.1, 0.15) is 0 Å². The predicted molar refractivity (Wildman–Crippen MR) is 40.9 cm³/mol. The third-order valence-corrected chi connectivity index (χ3v) is 2.79. The molecule has 60 valence electrons. The Morgan fingerprint density at radius 3 is 3.18 bits per heavy atom. The predicted octanol–water partition coefficient (Wildman–Crippen LogP) is 1.52. The zero-order chi connectivity index (χ0) is 7.90. The van der Waals surface area contributed by atoms with Crippen molar-refractivity contribution in [3.63, 3.8) is 0 Å². The molecule has 1 aliphatic carbocycles. The van der Waals surface area contributed by atoms with Gasteiger partial charge < -0.3 is 4.74 Å². The fourth-order valence-corrected chi connectivity index (χ4v) is 1.89. The van der Waals surface area contributed by atoms with E-state index in [1.807, 2.05) is 0 Å². The van der Waals surface area contributed by atoms with Crippen LogP contribution < -0.4 is 0 Å². The second-order valence-corrected chi connectivity index (χ2v) is 3.73. The van der Waals surface area contributed by atoms with Gasteiger partial charge in [0.05, 0.1) is 12.5 Å². The van der Waals surface area contributed by atoms with Crippen molar-refractivity contribution in [1.29, 1.82) is 0 Å². The summed E-state index contributed by atoms with van der Waals surface area (Å²) in [7, 11) is 0. The Balaban J connectivity index is 2.29. The van der Waals surface area contributed by atoms with Crippen LogP contribution in [0, 0.1) is 11.3 Å². The Hall–Kier alpha value is -0.790. The van der Waals surface area contributed by atoms with E-state index in [-0.39, 0.29) is 17.3 Å². The molecule has 0 amide bonds. The summed E-state index contributed by atoms with van der Waals surface area (Å²) in [6.07, 6.45) is 6.09. The molecule has 0 saturated carbocycles. The Morgan fingerprint density at radius 1 is 1.64 bits per heavy atom. The molecule has 0 radical (unpaired) electrons. The van der Waals surface area contributed by atoms with Crippen molar-refractivity contribution in [1.82, 2.24) is 0 Å². The lowest BCUT2D eigenvalue weighted by atomic mass is 9.72. The first-order valence-corrected chi connectivity index (χ1v) is 4.04. The molecule has 2 nitrogen and oxygen atoms in total. The number of fused-ring (bicyclic) bond motifs is 1. The van der Waals surface area contributed by atoms with Crippen LogP contribution >= 0.6 is 0 Å². The normalized spacial score (nSPS) is 41.9. The van der Waals surface area contributed by atoms with Crippen LogP contribution in [0.4, 0.5) is 0 Å². The van der Waals surface area contributed by atoms with Crippen LogP contribution in [0.15, 0.2) is 12.2 Å². The Kier molecular flexibility index (Phi) is 1.31. The summed E-state index contributed by atoms with van der Waals surface area (Å²) in [5.74, 6) is 0.129. The van der Waals surface area contributed by atoms with E-state index < -0.39 is 0 Å². The van der Waals surface area contributed by atoms with Gasteiger partial charge in [-0.1, -0.05) is 19.1 Å². The van der Waals surface area contributed by atoms with Gasteiger partial charge in [0, 0.05) is 5.41 Å². The molecule has 0 bridgehead atoms. The molecule has 2 atom stereocenters. The van der Waals surface area contributed by atoms with Crippen LogP contribution in [-0.4, -0.2) is 12.6 Å². The maximum Gasteiger partial charge on any atom is 0.309 e. The summed E-state index contributed by atoms with van der Waals surface area (Å²) in [5, 5.41) is 0. The molecule has 1 fully saturated rings. The SMILES string of the molecule is C[C@]12CC=CC[C@H]1C(=O)OC2. The quantitative estimate of drug-likeness (QED) is 0.388. The maximum atomic E-state index is 11.2. The van der Waals surface area contributed by atoms with Crippen molar-refractivity contribution in [3.05, 3.63) is 12.2 Å². The highest BCUT2D eigenvalue weighted by Crippen LogP contribution is 2.43. The minimum absolute atomic E-state index is 0.00292. The molecule has 11 heavy (non-hydrogen) atoms. The van der Waals surface area contributed by atoms with Gasteiger partial charge in [-0.15, -0.1) is 0 Å². The number of allylic oxidation sites excluding steroid dienone is 2. The number of carbonyl (C=O) groups excluding carboxylic acids is 1. The largest absolute Gasteiger partial charge is 0.465 e. The highest BCUT2D eigenvalue weighted by atomic mass is 16.5. The van der Waals surface area contributed by atoms with Gasteiger partial charge in [0.15, 0.2) is 0 Å². The van der Waals surface area contributed by atoms with Crippen molar-refractivity contribution >= 4 is 5.97 Å². The van der Waals surface area contributed by atoms with Crippen molar-refractivity contribution < 1.29 is 9.53 Å². The van der Waals surface area contributed by atoms with Crippen LogP contribution in [0.1, 0.15) is 19.8 Å². The van der Waals surface area contributed by atoms with Crippen LogP contribution in [0.5, 0.6) is 0 Å². The van der Waals surface area contributed by atoms with Crippen molar-refractivity contribution in [2.45, 2.75) is 19.8 Å². The second kappa shape index (κ2) is 2.10. The minimum atomic E-state index is -0.00292. The molecule has 2 rings (SSSR count). The van der Waals surface area contributed by atoms with Crippen LogP contribution in [0.3, 0.4) is 0 Å². The molecule has 0 unspecified atom stereocenters. The van der Waals surface area contributed by atoms with Gasteiger partial charge in [0.2, 0.25) is 0 Å². The number of cyclic esters (lactones) is 1. The first kappa shape index (κ1) is 6.89. The van der Waals surface area contributed by atoms with Gasteiger partial charge in [0.25, 0.3) is 0 Å². The molecular formula is C9H12O2. The third kappa shape index (κ3) is 0.889. The molecule has 0 aromatic rings. The number of hydrogen-bond acceptors (Lipinski definition) is 2. The summed E-state index contributed by atoms with van der Waals surface area (Å²) in [6, 6.07) is 0. The molecule has 1 saturated heterocycles. The molecule has 0 N–H and O–H groups in total. The van der Waals surface area contributed by atoms with Gasteiger partial charge >= 0.3 is 5.97 Å². The molecule has 0 spiro atoms. The number of carbonyl (C=O) groups is 1. The lowest BCUT2D eigenvalue weighted by molar-refractivity contribution is -0.141. The van der Waals surface area contributed by atoms with Crippen LogP contribution in [0.25, 0.3) is 0 Å². The average Bonchev–Trinajstić information content (AvgIpc) is 2.29. The lowest BCUT2D eigenvalue weighted by Gasteiger charge is -2.27. The number of esters is 1. The first-order chi connectivity index (χ1) is 5.22. The fraction of sp³-hybridized carbons (Fsp3) is 0.667. The lowest BCUT2D eigenvalue weighted by Crippen LogP contribution is -2.28. The van der Waals surface area contributed by atoms with E-state index in [2.05, 4.69) is 19.1 Å². The molecule has 0 aromatic carbocycles. The monoisotopic (exact) mass is 152 g/mol. The Labute approximate surface area is 66.2 Å². The smallest absolute Gasteiger partial charge is 0.309 e. The van der Waals surface area contributed by atoms with E-state index in [1.165, 1.54) is 0 Å². The summed E-state index contributed by atoms with van der Waals surface area (Å²) in [6.45, 7) is 2.74. The van der Waals surface area contributed by atoms with E-state index in [0.717, 1.165) is 12.8 Å². The molecular weight excluding hydrogens is 140 g/mol. The summed E-state index contributed by atoms with van der Waals surface area (Å²) in [5.41, 5.74) is 0.103. The topological polar surface area (TPSA) is 26.3 Å². The minimum Gasteiger partial charge on any atom is -0.465 e. The fourth-order valence-electron chi connectivity index (χ4n) is 1.89. The van der Waals surface area contributed by atoms with Crippen LogP contribution in [-0.2, 0) is 9.53 Å². The van der Waals surface area contributed by atoms with Crippen molar-refractivity contribution in [2.24, 2.45) is 11.3 Å².